The minimum atomic E-state index is -4.41. The molecule has 1 aromatic carbocycles. The highest BCUT2D eigenvalue weighted by Gasteiger charge is 2.30. The minimum Gasteiger partial charge on any atom is -0.340 e. The molecule has 6 nitrogen and oxygen atoms in total. The van der Waals surface area contributed by atoms with Gasteiger partial charge in [0, 0.05) is 31.2 Å². The lowest BCUT2D eigenvalue weighted by atomic mass is 9.97. The predicted octanol–water partition coefficient (Wildman–Crippen LogP) is 3.69. The van der Waals surface area contributed by atoms with Crippen LogP contribution in [0.1, 0.15) is 22.3 Å². The first kappa shape index (κ1) is 19.0. The Bertz CT molecular complexity index is 1000. The Morgan fingerprint density at radius 2 is 2.07 bits per heavy atom. The molecule has 0 saturated heterocycles. The zero-order chi connectivity index (χ0) is 20.4. The summed E-state index contributed by atoms with van der Waals surface area (Å²) < 4.78 is 38.1. The van der Waals surface area contributed by atoms with E-state index >= 15 is 0 Å². The van der Waals surface area contributed by atoms with Crippen molar-refractivity contribution in [1.29, 1.82) is 0 Å². The number of aromatic amines is 1. The first-order valence-electron chi connectivity index (χ1n) is 9.06. The Hall–Kier alpha value is -3.36. The number of hydrogen-bond donors (Lipinski definition) is 2. The van der Waals surface area contributed by atoms with E-state index in [0.717, 1.165) is 34.6 Å². The highest BCUT2D eigenvalue weighted by atomic mass is 19.4. The molecular formula is C20H18F3N5O. The van der Waals surface area contributed by atoms with Gasteiger partial charge in [0.2, 0.25) is 5.91 Å². The second-order valence-corrected chi connectivity index (χ2v) is 6.85. The Balaban J connectivity index is 1.47. The smallest absolute Gasteiger partial charge is 0.340 e. The molecule has 150 valence electrons. The fraction of sp³-hybridized carbons (Fsp3) is 0.250. The van der Waals surface area contributed by atoms with E-state index in [0.29, 0.717) is 31.7 Å². The lowest BCUT2D eigenvalue weighted by molar-refractivity contribution is -0.137. The van der Waals surface area contributed by atoms with Gasteiger partial charge in [-0.1, -0.05) is 12.1 Å². The van der Waals surface area contributed by atoms with Gasteiger partial charge in [0.05, 0.1) is 18.2 Å². The zero-order valence-corrected chi connectivity index (χ0v) is 15.3. The summed E-state index contributed by atoms with van der Waals surface area (Å²) in [7, 11) is 0. The summed E-state index contributed by atoms with van der Waals surface area (Å²) in [6.07, 6.45) is 0.678. The summed E-state index contributed by atoms with van der Waals surface area (Å²) in [6.45, 7) is 1.06. The van der Waals surface area contributed by atoms with E-state index in [-0.39, 0.29) is 5.91 Å². The second kappa shape index (κ2) is 7.57. The van der Waals surface area contributed by atoms with Crippen molar-refractivity contribution in [1.82, 2.24) is 20.1 Å². The van der Waals surface area contributed by atoms with Crippen LogP contribution in [0, 0.1) is 0 Å². The lowest BCUT2D eigenvalue weighted by Gasteiger charge is -2.30. The van der Waals surface area contributed by atoms with Crippen molar-refractivity contribution in [2.45, 2.75) is 25.6 Å². The van der Waals surface area contributed by atoms with Gasteiger partial charge in [-0.15, -0.1) is 0 Å². The molecule has 0 unspecified atom stereocenters. The maximum absolute atomic E-state index is 12.7. The number of H-pyrrole nitrogens is 1. The van der Waals surface area contributed by atoms with E-state index in [2.05, 4.69) is 20.5 Å². The summed E-state index contributed by atoms with van der Waals surface area (Å²) in [5, 5.41) is 9.65. The zero-order valence-electron chi connectivity index (χ0n) is 15.3. The number of fused-ring (bicyclic) bond motifs is 1. The van der Waals surface area contributed by atoms with Crippen molar-refractivity contribution in [3.63, 3.8) is 0 Å². The Morgan fingerprint density at radius 3 is 2.76 bits per heavy atom. The number of carbonyl (C=O) groups is 1. The third kappa shape index (κ3) is 4.23. The fourth-order valence-corrected chi connectivity index (χ4v) is 3.37. The van der Waals surface area contributed by atoms with Gasteiger partial charge >= 0.3 is 6.18 Å². The number of pyridine rings is 1. The number of carbonyl (C=O) groups excluding carboxylic acids is 1. The molecule has 2 aromatic heterocycles. The van der Waals surface area contributed by atoms with E-state index < -0.39 is 11.7 Å². The van der Waals surface area contributed by atoms with Crippen LogP contribution < -0.4 is 5.32 Å². The standard InChI is InChI=1S/C20H18F3N5O/c21-20(22,23)15-4-5-18(24-11-15)27-17-3-1-2-14-12-28(7-6-16(14)17)19(29)8-13-9-25-26-10-13/h1-5,9-11H,6-8,12H2,(H,24,27)(H,25,26). The van der Waals surface area contributed by atoms with Gasteiger partial charge in [-0.3, -0.25) is 9.89 Å². The minimum absolute atomic E-state index is 0.0276. The number of anilines is 2. The van der Waals surface area contributed by atoms with Crippen molar-refractivity contribution >= 4 is 17.4 Å². The summed E-state index contributed by atoms with van der Waals surface area (Å²) >= 11 is 0. The third-order valence-electron chi connectivity index (χ3n) is 4.88. The molecule has 0 atom stereocenters. The molecule has 4 rings (SSSR count). The van der Waals surface area contributed by atoms with Crippen LogP contribution >= 0.6 is 0 Å². The number of aromatic nitrogens is 3. The number of alkyl halides is 3. The Labute approximate surface area is 164 Å². The van der Waals surface area contributed by atoms with Gasteiger partial charge in [-0.2, -0.15) is 18.3 Å². The molecule has 29 heavy (non-hydrogen) atoms. The van der Waals surface area contributed by atoms with E-state index in [9.17, 15) is 18.0 Å². The molecular weight excluding hydrogens is 383 g/mol. The monoisotopic (exact) mass is 401 g/mol. The number of halogens is 3. The van der Waals surface area contributed by atoms with Crippen molar-refractivity contribution < 1.29 is 18.0 Å². The third-order valence-corrected chi connectivity index (χ3v) is 4.88. The Kier molecular flexibility index (Phi) is 4.96. The van der Waals surface area contributed by atoms with Crippen LogP contribution in [0.15, 0.2) is 48.9 Å². The first-order chi connectivity index (χ1) is 13.9. The molecule has 2 N–H and O–H groups in total. The van der Waals surface area contributed by atoms with Crippen LogP contribution in [0.2, 0.25) is 0 Å². The topological polar surface area (TPSA) is 73.9 Å². The Morgan fingerprint density at radius 1 is 1.21 bits per heavy atom. The highest BCUT2D eigenvalue weighted by Crippen LogP contribution is 2.31. The molecule has 1 aliphatic heterocycles. The van der Waals surface area contributed by atoms with Gasteiger partial charge in [-0.25, -0.2) is 4.98 Å². The van der Waals surface area contributed by atoms with Crippen LogP contribution in [0.5, 0.6) is 0 Å². The van der Waals surface area contributed by atoms with Gasteiger partial charge in [-0.05, 0) is 41.3 Å². The first-order valence-corrected chi connectivity index (χ1v) is 9.06. The summed E-state index contributed by atoms with van der Waals surface area (Å²) in [5.74, 6) is 0.365. The van der Waals surface area contributed by atoms with E-state index in [4.69, 9.17) is 0 Å². The molecule has 0 saturated carbocycles. The van der Waals surface area contributed by atoms with Crippen molar-refractivity contribution in [3.8, 4) is 0 Å². The molecule has 0 fully saturated rings. The van der Waals surface area contributed by atoms with E-state index in [1.54, 1.807) is 17.3 Å². The number of benzene rings is 1. The van der Waals surface area contributed by atoms with Crippen LogP contribution in [-0.4, -0.2) is 32.5 Å². The van der Waals surface area contributed by atoms with Crippen LogP contribution in [0.25, 0.3) is 0 Å². The van der Waals surface area contributed by atoms with Crippen LogP contribution in [-0.2, 0) is 30.4 Å². The van der Waals surface area contributed by atoms with Crippen molar-refractivity contribution in [2.75, 3.05) is 11.9 Å². The van der Waals surface area contributed by atoms with Crippen LogP contribution in [0.4, 0.5) is 24.7 Å². The number of nitrogens with one attached hydrogen (secondary N) is 2. The average Bonchev–Trinajstić information content (AvgIpc) is 3.20. The van der Waals surface area contributed by atoms with Gasteiger partial charge in [0.15, 0.2) is 0 Å². The highest BCUT2D eigenvalue weighted by molar-refractivity contribution is 5.79. The van der Waals surface area contributed by atoms with Crippen LogP contribution in [0.3, 0.4) is 0 Å². The maximum atomic E-state index is 12.7. The van der Waals surface area contributed by atoms with Crippen molar-refractivity contribution in [3.05, 3.63) is 71.2 Å². The summed E-state index contributed by atoms with van der Waals surface area (Å²) in [6, 6.07) is 7.99. The normalized spacial score (nSPS) is 13.8. The molecule has 0 bridgehead atoms. The molecule has 3 heterocycles. The fourth-order valence-electron chi connectivity index (χ4n) is 3.37. The van der Waals surface area contributed by atoms with Gasteiger partial charge < -0.3 is 10.2 Å². The van der Waals surface area contributed by atoms with E-state index in [1.165, 1.54) is 6.07 Å². The largest absolute Gasteiger partial charge is 0.417 e. The number of rotatable bonds is 4. The molecule has 0 spiro atoms. The number of amides is 1. The van der Waals surface area contributed by atoms with E-state index in [1.807, 2.05) is 18.2 Å². The lowest BCUT2D eigenvalue weighted by Crippen LogP contribution is -2.37. The maximum Gasteiger partial charge on any atom is 0.417 e. The van der Waals surface area contributed by atoms with Gasteiger partial charge in [0.1, 0.15) is 5.82 Å². The molecule has 3 aromatic rings. The second-order valence-electron chi connectivity index (χ2n) is 6.85. The number of hydrogen-bond acceptors (Lipinski definition) is 4. The predicted molar refractivity (Wildman–Crippen MR) is 100 cm³/mol. The van der Waals surface area contributed by atoms with Gasteiger partial charge in [0.25, 0.3) is 0 Å². The summed E-state index contributed by atoms with van der Waals surface area (Å²) in [4.78, 5) is 18.2. The SMILES string of the molecule is O=C(Cc1cn[nH]c1)N1CCc2c(cccc2Nc2ccc(C(F)(F)F)cn2)C1. The molecule has 9 heteroatoms. The molecule has 1 aliphatic rings. The molecule has 1 amide bonds. The number of nitrogens with zero attached hydrogens (tertiary/aromatic N) is 3. The molecule has 0 aliphatic carbocycles. The quantitative estimate of drug-likeness (QED) is 0.699. The van der Waals surface area contributed by atoms with Crippen molar-refractivity contribution in [2.24, 2.45) is 0 Å². The summed E-state index contributed by atoms with van der Waals surface area (Å²) in [5.41, 5.74) is 2.89. The molecule has 0 radical (unpaired) electrons. The average molecular weight is 401 g/mol.